The summed E-state index contributed by atoms with van der Waals surface area (Å²) in [4.78, 5) is 24.3. The van der Waals surface area contributed by atoms with Gasteiger partial charge in [0.05, 0.1) is 17.8 Å². The van der Waals surface area contributed by atoms with Crippen molar-refractivity contribution < 1.29 is 27.2 Å². The first-order valence-corrected chi connectivity index (χ1v) is 9.35. The minimum absolute atomic E-state index is 0.130. The summed E-state index contributed by atoms with van der Waals surface area (Å²) in [6, 6.07) is 1.79. The Morgan fingerprint density at radius 3 is 2.80 bits per heavy atom. The number of aryl methyl sites for hydroxylation is 1. The van der Waals surface area contributed by atoms with Gasteiger partial charge >= 0.3 is 12.2 Å². The van der Waals surface area contributed by atoms with Crippen LogP contribution in [0.25, 0.3) is 0 Å². The highest BCUT2D eigenvalue weighted by Crippen LogP contribution is 2.33. The molecule has 11 heteroatoms. The van der Waals surface area contributed by atoms with E-state index in [2.05, 4.69) is 15.7 Å². The zero-order valence-electron chi connectivity index (χ0n) is 16.2. The van der Waals surface area contributed by atoms with Gasteiger partial charge in [0.2, 0.25) is 6.41 Å². The molecular weight excluding hydrogens is 406 g/mol. The van der Waals surface area contributed by atoms with Crippen molar-refractivity contribution in [2.45, 2.75) is 39.0 Å². The molecule has 0 atom stereocenters. The van der Waals surface area contributed by atoms with Gasteiger partial charge in [-0.1, -0.05) is 0 Å². The summed E-state index contributed by atoms with van der Waals surface area (Å²) in [5.74, 6) is -1.39. The van der Waals surface area contributed by atoms with Gasteiger partial charge in [0.1, 0.15) is 5.82 Å². The maximum atomic E-state index is 13.4. The molecule has 0 saturated carbocycles. The smallest absolute Gasteiger partial charge is 0.359 e. The number of nitrogens with zero attached hydrogens (tertiary/aromatic N) is 3. The molecule has 1 aromatic heterocycles. The first-order valence-electron chi connectivity index (χ1n) is 9.35. The Labute approximate surface area is 170 Å². The van der Waals surface area contributed by atoms with Crippen LogP contribution in [0.4, 0.5) is 28.0 Å². The van der Waals surface area contributed by atoms with Crippen molar-refractivity contribution in [3.63, 3.8) is 0 Å². The van der Waals surface area contributed by atoms with E-state index in [1.165, 1.54) is 4.90 Å². The summed E-state index contributed by atoms with van der Waals surface area (Å²) in [5.41, 5.74) is 1.11. The largest absolute Gasteiger partial charge is 0.419 e. The van der Waals surface area contributed by atoms with Crippen molar-refractivity contribution in [3.05, 3.63) is 46.5 Å². The molecule has 2 N–H and O–H groups in total. The molecule has 7 nitrogen and oxygen atoms in total. The predicted octanol–water partition coefficient (Wildman–Crippen LogP) is 3.08. The highest BCUT2D eigenvalue weighted by Gasteiger charge is 2.34. The molecule has 1 aliphatic rings. The van der Waals surface area contributed by atoms with Gasteiger partial charge in [-0.2, -0.15) is 18.3 Å². The number of hydrogen-bond acceptors (Lipinski definition) is 3. The number of aromatic nitrogens is 2. The summed E-state index contributed by atoms with van der Waals surface area (Å²) in [7, 11) is 0. The van der Waals surface area contributed by atoms with Crippen molar-refractivity contribution in [1.82, 2.24) is 20.0 Å². The SMILES string of the molecule is Cc1c2c(nn1CCCNC=O)CCN(C(=O)Nc1ccc(F)c(C(F)(F)F)c1)C2. The van der Waals surface area contributed by atoms with Crippen molar-refractivity contribution in [1.29, 1.82) is 0 Å². The summed E-state index contributed by atoms with van der Waals surface area (Å²) in [6.45, 7) is 3.65. The van der Waals surface area contributed by atoms with Crippen LogP contribution in [0.15, 0.2) is 18.2 Å². The molecule has 0 bridgehead atoms. The van der Waals surface area contributed by atoms with E-state index in [0.29, 0.717) is 51.0 Å². The van der Waals surface area contributed by atoms with Gasteiger partial charge in [-0.3, -0.25) is 9.48 Å². The average molecular weight is 427 g/mol. The highest BCUT2D eigenvalue weighted by atomic mass is 19.4. The van der Waals surface area contributed by atoms with Crippen LogP contribution in [-0.2, 0) is 30.5 Å². The summed E-state index contributed by atoms with van der Waals surface area (Å²) in [5, 5.41) is 9.54. The molecule has 3 amide bonds. The molecular formula is C19H21F4N5O2. The van der Waals surface area contributed by atoms with Crippen LogP contribution < -0.4 is 10.6 Å². The fraction of sp³-hybridized carbons (Fsp3) is 0.421. The van der Waals surface area contributed by atoms with Gasteiger partial charge < -0.3 is 15.5 Å². The zero-order chi connectivity index (χ0) is 21.9. The molecule has 162 valence electrons. The van der Waals surface area contributed by atoms with Gasteiger partial charge in [0, 0.05) is 43.0 Å². The molecule has 0 radical (unpaired) electrons. The molecule has 2 heterocycles. The second-order valence-electron chi connectivity index (χ2n) is 6.95. The van der Waals surface area contributed by atoms with Crippen LogP contribution in [0, 0.1) is 12.7 Å². The molecule has 2 aromatic rings. The van der Waals surface area contributed by atoms with Crippen molar-refractivity contribution in [2.75, 3.05) is 18.4 Å². The lowest BCUT2D eigenvalue weighted by Crippen LogP contribution is -2.39. The quantitative estimate of drug-likeness (QED) is 0.423. The maximum absolute atomic E-state index is 13.4. The van der Waals surface area contributed by atoms with Gasteiger partial charge in [0.25, 0.3) is 0 Å². The van der Waals surface area contributed by atoms with Crippen LogP contribution in [0.5, 0.6) is 0 Å². The average Bonchev–Trinajstić information content (AvgIpc) is 3.01. The fourth-order valence-corrected chi connectivity index (χ4v) is 3.37. The van der Waals surface area contributed by atoms with Crippen LogP contribution in [-0.4, -0.2) is 40.2 Å². The van der Waals surface area contributed by atoms with Crippen molar-refractivity contribution in [2.24, 2.45) is 0 Å². The number of alkyl halides is 3. The molecule has 0 saturated heterocycles. The van der Waals surface area contributed by atoms with E-state index >= 15 is 0 Å². The summed E-state index contributed by atoms with van der Waals surface area (Å²) in [6.07, 6.45) is -3.00. The number of halogens is 4. The van der Waals surface area contributed by atoms with E-state index in [1.807, 2.05) is 11.6 Å². The minimum Gasteiger partial charge on any atom is -0.359 e. The van der Waals surface area contributed by atoms with Gasteiger partial charge in [-0.25, -0.2) is 9.18 Å². The second-order valence-corrected chi connectivity index (χ2v) is 6.95. The molecule has 30 heavy (non-hydrogen) atoms. The number of fused-ring (bicyclic) bond motifs is 1. The van der Waals surface area contributed by atoms with Crippen molar-refractivity contribution in [3.8, 4) is 0 Å². The third-order valence-electron chi connectivity index (χ3n) is 4.97. The second kappa shape index (κ2) is 8.72. The fourth-order valence-electron chi connectivity index (χ4n) is 3.37. The summed E-state index contributed by atoms with van der Waals surface area (Å²) < 4.78 is 53.9. The lowest BCUT2D eigenvalue weighted by molar-refractivity contribution is -0.139. The van der Waals surface area contributed by atoms with Gasteiger partial charge in [0.15, 0.2) is 0 Å². The van der Waals surface area contributed by atoms with E-state index in [1.54, 1.807) is 0 Å². The van der Waals surface area contributed by atoms with E-state index < -0.39 is 23.6 Å². The Morgan fingerprint density at radius 1 is 1.33 bits per heavy atom. The number of nitrogens with one attached hydrogen (secondary N) is 2. The maximum Gasteiger partial charge on any atom is 0.419 e. The molecule has 0 spiro atoms. The predicted molar refractivity (Wildman–Crippen MR) is 100 cm³/mol. The zero-order valence-corrected chi connectivity index (χ0v) is 16.2. The van der Waals surface area contributed by atoms with Crippen LogP contribution in [0.1, 0.15) is 28.9 Å². The standard InChI is InChI=1S/C19H21F4N5O2/c1-12-14-10-27(8-5-17(14)26-28(12)7-2-6-24-11-29)18(30)25-13-3-4-16(20)15(9-13)19(21,22)23/h3-4,9,11H,2,5-8,10H2,1H3,(H,24,29)(H,25,30). The summed E-state index contributed by atoms with van der Waals surface area (Å²) >= 11 is 0. The van der Waals surface area contributed by atoms with Gasteiger partial charge in [-0.15, -0.1) is 0 Å². The van der Waals surface area contributed by atoms with Crippen molar-refractivity contribution >= 4 is 18.1 Å². The van der Waals surface area contributed by atoms with Crippen LogP contribution >= 0.6 is 0 Å². The molecule has 3 rings (SSSR count). The number of amides is 3. The van der Waals surface area contributed by atoms with Gasteiger partial charge in [-0.05, 0) is 31.5 Å². The van der Waals surface area contributed by atoms with E-state index in [4.69, 9.17) is 0 Å². The molecule has 0 fully saturated rings. The van der Waals surface area contributed by atoms with Crippen LogP contribution in [0.2, 0.25) is 0 Å². The highest BCUT2D eigenvalue weighted by molar-refractivity contribution is 5.89. The van der Waals surface area contributed by atoms with E-state index in [9.17, 15) is 27.2 Å². The third-order valence-corrected chi connectivity index (χ3v) is 4.97. The topological polar surface area (TPSA) is 79.3 Å². The number of urea groups is 1. The Bertz CT molecular complexity index is 942. The normalized spacial score (nSPS) is 13.7. The minimum atomic E-state index is -4.85. The molecule has 1 aromatic carbocycles. The first-order chi connectivity index (χ1) is 14.2. The van der Waals surface area contributed by atoms with Crippen LogP contribution in [0.3, 0.4) is 0 Å². The Morgan fingerprint density at radius 2 is 2.10 bits per heavy atom. The molecule has 0 unspecified atom stereocenters. The third kappa shape index (κ3) is 4.71. The van der Waals surface area contributed by atoms with E-state index in [-0.39, 0.29) is 12.2 Å². The first kappa shape index (κ1) is 21.6. The Balaban J connectivity index is 1.67. The number of benzene rings is 1. The number of rotatable bonds is 6. The molecule has 1 aliphatic heterocycles. The lowest BCUT2D eigenvalue weighted by Gasteiger charge is -2.27. The Kier molecular flexibility index (Phi) is 6.28. The lowest BCUT2D eigenvalue weighted by atomic mass is 10.1. The Hall–Kier alpha value is -3.11. The monoisotopic (exact) mass is 427 g/mol. The number of hydrogen-bond donors (Lipinski definition) is 2. The van der Waals surface area contributed by atoms with E-state index in [0.717, 1.165) is 23.0 Å². The number of carbonyl (C=O) groups excluding carboxylic acids is 2. The molecule has 0 aliphatic carbocycles. The number of carbonyl (C=O) groups is 2. The number of anilines is 1.